The second-order valence-electron chi connectivity index (χ2n) is 6.26. The highest BCUT2D eigenvalue weighted by Gasteiger charge is 2.14. The van der Waals surface area contributed by atoms with Gasteiger partial charge in [0.2, 0.25) is 0 Å². The van der Waals surface area contributed by atoms with Gasteiger partial charge in [-0.05, 0) is 56.5 Å². The van der Waals surface area contributed by atoms with Gasteiger partial charge in [0.1, 0.15) is 0 Å². The third-order valence-corrected chi connectivity index (χ3v) is 4.21. The Kier molecular flexibility index (Phi) is 12.5. The number of unbranched alkanes of at least 4 members (excludes halogenated alkanes) is 1. The van der Waals surface area contributed by atoms with Crippen LogP contribution in [0.4, 0.5) is 0 Å². The normalized spacial score (nSPS) is 16.7. The molecular formula is C18H37N. The lowest BCUT2D eigenvalue weighted by Crippen LogP contribution is -2.15. The van der Waals surface area contributed by atoms with Crippen molar-refractivity contribution >= 4 is 0 Å². The Morgan fingerprint density at radius 1 is 0.947 bits per heavy atom. The molecule has 1 nitrogen and oxygen atoms in total. The third-order valence-electron chi connectivity index (χ3n) is 4.21. The van der Waals surface area contributed by atoms with Crippen LogP contribution in [0.25, 0.3) is 0 Å². The summed E-state index contributed by atoms with van der Waals surface area (Å²) >= 11 is 0. The van der Waals surface area contributed by atoms with Gasteiger partial charge in [0.15, 0.2) is 0 Å². The molecule has 0 aliphatic heterocycles. The van der Waals surface area contributed by atoms with Gasteiger partial charge in [0.05, 0.1) is 0 Å². The highest BCUT2D eigenvalue weighted by atomic mass is 14.8. The molecule has 3 atom stereocenters. The predicted molar refractivity (Wildman–Crippen MR) is 88.6 cm³/mol. The van der Waals surface area contributed by atoms with Crippen LogP contribution < -0.4 is 5.32 Å². The Morgan fingerprint density at radius 2 is 1.68 bits per heavy atom. The van der Waals surface area contributed by atoms with Crippen LogP contribution in [0.5, 0.6) is 0 Å². The maximum atomic E-state index is 3.40. The molecule has 0 aliphatic rings. The van der Waals surface area contributed by atoms with E-state index in [0.717, 1.165) is 24.3 Å². The fourth-order valence-corrected chi connectivity index (χ4v) is 2.61. The first-order valence-electron chi connectivity index (χ1n) is 8.47. The van der Waals surface area contributed by atoms with Gasteiger partial charge < -0.3 is 5.32 Å². The minimum Gasteiger partial charge on any atom is -0.317 e. The molecule has 0 aromatic rings. The molecular weight excluding hydrogens is 230 g/mol. The molecule has 0 aliphatic carbocycles. The molecule has 1 heteroatoms. The van der Waals surface area contributed by atoms with Gasteiger partial charge in [-0.1, -0.05) is 59.6 Å². The largest absolute Gasteiger partial charge is 0.317 e. The van der Waals surface area contributed by atoms with Crippen LogP contribution in [-0.2, 0) is 0 Å². The first-order valence-corrected chi connectivity index (χ1v) is 8.47. The van der Waals surface area contributed by atoms with Gasteiger partial charge >= 0.3 is 0 Å². The first-order chi connectivity index (χ1) is 9.11. The maximum absolute atomic E-state index is 3.40. The summed E-state index contributed by atoms with van der Waals surface area (Å²) in [6.07, 6.45) is 12.6. The van der Waals surface area contributed by atoms with Gasteiger partial charge in [-0.3, -0.25) is 0 Å². The number of allylic oxidation sites excluding steroid dienone is 2. The van der Waals surface area contributed by atoms with Crippen LogP contribution in [-0.4, -0.2) is 13.1 Å². The van der Waals surface area contributed by atoms with E-state index >= 15 is 0 Å². The number of nitrogens with one attached hydrogen (secondary N) is 1. The van der Waals surface area contributed by atoms with Gasteiger partial charge in [0, 0.05) is 0 Å². The molecule has 0 rings (SSSR count). The molecule has 0 aromatic carbocycles. The minimum absolute atomic E-state index is 0.826. The molecule has 0 saturated carbocycles. The van der Waals surface area contributed by atoms with E-state index in [1.165, 1.54) is 45.1 Å². The van der Waals surface area contributed by atoms with Crippen molar-refractivity contribution in [3.63, 3.8) is 0 Å². The number of rotatable bonds is 12. The summed E-state index contributed by atoms with van der Waals surface area (Å²) in [7, 11) is 0. The Hall–Kier alpha value is -0.300. The third kappa shape index (κ3) is 11.2. The monoisotopic (exact) mass is 267 g/mol. The molecule has 0 saturated heterocycles. The molecule has 0 radical (unpaired) electrons. The lowest BCUT2D eigenvalue weighted by atomic mass is 9.84. The van der Waals surface area contributed by atoms with Crippen LogP contribution >= 0.6 is 0 Å². The van der Waals surface area contributed by atoms with Gasteiger partial charge in [-0.2, -0.15) is 0 Å². The van der Waals surface area contributed by atoms with Gasteiger partial charge in [0.25, 0.3) is 0 Å². The van der Waals surface area contributed by atoms with Crippen molar-refractivity contribution in [1.29, 1.82) is 0 Å². The molecule has 19 heavy (non-hydrogen) atoms. The highest BCUT2D eigenvalue weighted by Crippen LogP contribution is 2.25. The summed E-state index contributed by atoms with van der Waals surface area (Å²) in [4.78, 5) is 0. The summed E-state index contributed by atoms with van der Waals surface area (Å²) in [5, 5.41) is 3.40. The van der Waals surface area contributed by atoms with Crippen LogP contribution in [0.3, 0.4) is 0 Å². The van der Waals surface area contributed by atoms with Crippen molar-refractivity contribution in [2.75, 3.05) is 13.1 Å². The average molecular weight is 268 g/mol. The SMILES string of the molecule is CCC=CCC(C)C(C)CC(C)CCCCNCC. The predicted octanol–water partition coefficient (Wildman–Crippen LogP) is 5.42. The first kappa shape index (κ1) is 18.7. The fraction of sp³-hybridized carbons (Fsp3) is 0.889. The maximum Gasteiger partial charge on any atom is -0.00490 e. The number of hydrogen-bond acceptors (Lipinski definition) is 1. The zero-order valence-electron chi connectivity index (χ0n) is 14.0. The Morgan fingerprint density at radius 3 is 2.32 bits per heavy atom. The van der Waals surface area contributed by atoms with E-state index in [4.69, 9.17) is 0 Å². The second kappa shape index (κ2) is 12.7. The standard InChI is InChI=1S/C18H37N/c1-6-8-9-13-17(4)18(5)15-16(3)12-10-11-14-19-7-2/h8-9,16-19H,6-7,10-15H2,1-5H3. The smallest absolute Gasteiger partial charge is 0.00490 e. The summed E-state index contributed by atoms with van der Waals surface area (Å²) in [5.74, 6) is 2.56. The van der Waals surface area contributed by atoms with E-state index in [2.05, 4.69) is 52.1 Å². The Bertz CT molecular complexity index is 210. The van der Waals surface area contributed by atoms with E-state index in [1.807, 2.05) is 0 Å². The van der Waals surface area contributed by atoms with E-state index < -0.39 is 0 Å². The Balaban J connectivity index is 3.66. The summed E-state index contributed by atoms with van der Waals surface area (Å²) in [6.45, 7) is 14.0. The van der Waals surface area contributed by atoms with Crippen LogP contribution in [0, 0.1) is 17.8 Å². The fourth-order valence-electron chi connectivity index (χ4n) is 2.61. The molecule has 0 bridgehead atoms. The zero-order chi connectivity index (χ0) is 14.5. The lowest BCUT2D eigenvalue weighted by molar-refractivity contribution is 0.302. The van der Waals surface area contributed by atoms with Crippen LogP contribution in [0.2, 0.25) is 0 Å². The van der Waals surface area contributed by atoms with E-state index in [0.29, 0.717) is 0 Å². The lowest BCUT2D eigenvalue weighted by Gasteiger charge is -2.22. The summed E-state index contributed by atoms with van der Waals surface area (Å²) in [5.41, 5.74) is 0. The van der Waals surface area contributed by atoms with Crippen LogP contribution in [0.1, 0.15) is 73.1 Å². The molecule has 114 valence electrons. The summed E-state index contributed by atoms with van der Waals surface area (Å²) in [6, 6.07) is 0. The van der Waals surface area contributed by atoms with Crippen molar-refractivity contribution < 1.29 is 0 Å². The van der Waals surface area contributed by atoms with Crippen molar-refractivity contribution in [2.24, 2.45) is 17.8 Å². The van der Waals surface area contributed by atoms with Gasteiger partial charge in [-0.25, -0.2) is 0 Å². The van der Waals surface area contributed by atoms with Crippen molar-refractivity contribution in [2.45, 2.75) is 73.1 Å². The van der Waals surface area contributed by atoms with Gasteiger partial charge in [-0.15, -0.1) is 0 Å². The minimum atomic E-state index is 0.826. The second-order valence-corrected chi connectivity index (χ2v) is 6.26. The van der Waals surface area contributed by atoms with Crippen LogP contribution in [0.15, 0.2) is 12.2 Å². The van der Waals surface area contributed by atoms with Crippen molar-refractivity contribution in [1.82, 2.24) is 5.32 Å². The van der Waals surface area contributed by atoms with E-state index in [1.54, 1.807) is 0 Å². The summed E-state index contributed by atoms with van der Waals surface area (Å²) < 4.78 is 0. The quantitative estimate of drug-likeness (QED) is 0.368. The van der Waals surface area contributed by atoms with E-state index in [9.17, 15) is 0 Å². The molecule has 1 N–H and O–H groups in total. The average Bonchev–Trinajstić information content (AvgIpc) is 2.38. The molecule has 0 aromatic heterocycles. The van der Waals surface area contributed by atoms with Crippen molar-refractivity contribution in [3.8, 4) is 0 Å². The highest BCUT2D eigenvalue weighted by molar-refractivity contribution is 4.83. The molecule has 0 fully saturated rings. The molecule has 0 heterocycles. The molecule has 0 spiro atoms. The zero-order valence-corrected chi connectivity index (χ0v) is 14.0. The number of hydrogen-bond donors (Lipinski definition) is 1. The van der Waals surface area contributed by atoms with E-state index in [-0.39, 0.29) is 0 Å². The molecule has 3 unspecified atom stereocenters. The van der Waals surface area contributed by atoms with Crippen molar-refractivity contribution in [3.05, 3.63) is 12.2 Å². The topological polar surface area (TPSA) is 12.0 Å². The Labute approximate surface area is 122 Å². The molecule has 0 amide bonds.